The van der Waals surface area contributed by atoms with E-state index in [9.17, 15) is 0 Å². The summed E-state index contributed by atoms with van der Waals surface area (Å²) in [5, 5.41) is 0. The molecule has 0 aromatic heterocycles. The van der Waals surface area contributed by atoms with E-state index in [-0.39, 0.29) is 12.4 Å². The molecule has 0 bridgehead atoms. The van der Waals surface area contributed by atoms with Gasteiger partial charge in [-0.25, -0.2) is 0 Å². The molecule has 0 spiro atoms. The van der Waals surface area contributed by atoms with Gasteiger partial charge in [-0.2, -0.15) is 0 Å². The second-order valence-electron chi connectivity index (χ2n) is 3.59. The Hall–Kier alpha value is -0.530. The predicted molar refractivity (Wildman–Crippen MR) is 65.2 cm³/mol. The first kappa shape index (κ1) is 13.5. The molecule has 1 aromatic rings. The fraction of sp³-hybridized carbons (Fsp3) is 0.500. The maximum atomic E-state index is 5.48. The van der Waals surface area contributed by atoms with Crippen LogP contribution >= 0.6 is 12.4 Å². The normalized spacial score (nSPS) is 11.9. The third-order valence-electron chi connectivity index (χ3n) is 2.59. The van der Waals surface area contributed by atoms with E-state index in [0.29, 0.717) is 5.92 Å². The minimum Gasteiger partial charge on any atom is -0.330 e. The Bertz CT molecular complexity index is 243. The fourth-order valence-electron chi connectivity index (χ4n) is 1.42. The van der Waals surface area contributed by atoms with Gasteiger partial charge in [0.05, 0.1) is 0 Å². The molecule has 0 saturated heterocycles. The van der Waals surface area contributed by atoms with Crippen molar-refractivity contribution in [1.82, 2.24) is 0 Å². The lowest BCUT2D eigenvalue weighted by Crippen LogP contribution is -2.02. The second-order valence-corrected chi connectivity index (χ2v) is 3.59. The van der Waals surface area contributed by atoms with Crippen LogP contribution in [0.25, 0.3) is 0 Å². The Morgan fingerprint density at radius 1 is 1.21 bits per heavy atom. The van der Waals surface area contributed by atoms with Crippen LogP contribution in [0.3, 0.4) is 0 Å². The summed E-state index contributed by atoms with van der Waals surface area (Å²) < 4.78 is 0. The molecule has 0 saturated carbocycles. The third-order valence-corrected chi connectivity index (χ3v) is 2.59. The Kier molecular flexibility index (Phi) is 6.60. The zero-order valence-corrected chi connectivity index (χ0v) is 9.81. The predicted octanol–water partition coefficient (Wildman–Crippen LogP) is 3.12. The molecule has 1 aromatic carbocycles. The van der Waals surface area contributed by atoms with Gasteiger partial charge in [0.1, 0.15) is 0 Å². The van der Waals surface area contributed by atoms with Gasteiger partial charge in [-0.1, -0.05) is 38.1 Å². The molecule has 0 radical (unpaired) electrons. The van der Waals surface area contributed by atoms with E-state index in [4.69, 9.17) is 5.73 Å². The van der Waals surface area contributed by atoms with E-state index in [1.54, 1.807) is 0 Å². The first-order chi connectivity index (χ1) is 6.27. The Labute approximate surface area is 93.1 Å². The SMILES string of the molecule is CCC(C)c1ccc(CCN)cc1.Cl. The summed E-state index contributed by atoms with van der Waals surface area (Å²) in [7, 11) is 0. The first-order valence-electron chi connectivity index (χ1n) is 5.06. The van der Waals surface area contributed by atoms with Gasteiger partial charge < -0.3 is 5.73 Å². The molecular formula is C12H20ClN. The lowest BCUT2D eigenvalue weighted by Gasteiger charge is -2.09. The zero-order valence-electron chi connectivity index (χ0n) is 8.99. The van der Waals surface area contributed by atoms with Crippen LogP contribution in [0.5, 0.6) is 0 Å². The van der Waals surface area contributed by atoms with E-state index in [0.717, 1.165) is 13.0 Å². The highest BCUT2D eigenvalue weighted by Crippen LogP contribution is 2.18. The van der Waals surface area contributed by atoms with E-state index in [2.05, 4.69) is 38.1 Å². The summed E-state index contributed by atoms with van der Waals surface area (Å²) in [5.41, 5.74) is 8.26. The average Bonchev–Trinajstić information content (AvgIpc) is 2.18. The molecule has 2 heteroatoms. The molecule has 0 heterocycles. The molecule has 1 nitrogen and oxygen atoms in total. The van der Waals surface area contributed by atoms with Gasteiger partial charge in [0, 0.05) is 0 Å². The van der Waals surface area contributed by atoms with E-state index >= 15 is 0 Å². The molecule has 0 aliphatic rings. The summed E-state index contributed by atoms with van der Waals surface area (Å²) >= 11 is 0. The number of hydrogen-bond donors (Lipinski definition) is 1. The van der Waals surface area contributed by atoms with Crippen molar-refractivity contribution in [2.45, 2.75) is 32.6 Å². The standard InChI is InChI=1S/C12H19N.ClH/c1-3-10(2)12-6-4-11(5-7-12)8-9-13;/h4-7,10H,3,8-9,13H2,1-2H3;1H. The molecule has 14 heavy (non-hydrogen) atoms. The highest BCUT2D eigenvalue weighted by atomic mass is 35.5. The van der Waals surface area contributed by atoms with Crippen LogP contribution in [-0.4, -0.2) is 6.54 Å². The molecule has 0 aliphatic carbocycles. The van der Waals surface area contributed by atoms with Crippen LogP contribution in [0, 0.1) is 0 Å². The quantitative estimate of drug-likeness (QED) is 0.817. The van der Waals surface area contributed by atoms with Crippen molar-refractivity contribution in [3.63, 3.8) is 0 Å². The topological polar surface area (TPSA) is 26.0 Å². The van der Waals surface area contributed by atoms with E-state index in [1.165, 1.54) is 17.5 Å². The minimum atomic E-state index is 0. The molecule has 1 rings (SSSR count). The van der Waals surface area contributed by atoms with E-state index in [1.807, 2.05) is 0 Å². The molecule has 2 N–H and O–H groups in total. The number of rotatable bonds is 4. The largest absolute Gasteiger partial charge is 0.330 e. The molecular weight excluding hydrogens is 194 g/mol. The molecule has 1 unspecified atom stereocenters. The van der Waals surface area contributed by atoms with Crippen molar-refractivity contribution in [3.05, 3.63) is 35.4 Å². The summed E-state index contributed by atoms with van der Waals surface area (Å²) in [6, 6.07) is 8.82. The number of nitrogens with two attached hydrogens (primary N) is 1. The van der Waals surface area contributed by atoms with Crippen molar-refractivity contribution >= 4 is 12.4 Å². The molecule has 0 amide bonds. The summed E-state index contributed by atoms with van der Waals surface area (Å²) in [5.74, 6) is 0.673. The van der Waals surface area contributed by atoms with Crippen molar-refractivity contribution in [3.8, 4) is 0 Å². The highest BCUT2D eigenvalue weighted by molar-refractivity contribution is 5.85. The van der Waals surface area contributed by atoms with Gasteiger partial charge in [-0.15, -0.1) is 12.4 Å². The number of halogens is 1. The second kappa shape index (κ2) is 6.86. The smallest absolute Gasteiger partial charge is 0.00367 e. The zero-order chi connectivity index (χ0) is 9.68. The van der Waals surface area contributed by atoms with Crippen LogP contribution in [0.15, 0.2) is 24.3 Å². The fourth-order valence-corrected chi connectivity index (χ4v) is 1.42. The van der Waals surface area contributed by atoms with Crippen LogP contribution < -0.4 is 5.73 Å². The average molecular weight is 214 g/mol. The van der Waals surface area contributed by atoms with Crippen LogP contribution in [0.1, 0.15) is 37.3 Å². The van der Waals surface area contributed by atoms with Gasteiger partial charge in [0.2, 0.25) is 0 Å². The molecule has 80 valence electrons. The van der Waals surface area contributed by atoms with Crippen molar-refractivity contribution in [2.24, 2.45) is 5.73 Å². The molecule has 0 aliphatic heterocycles. The van der Waals surface area contributed by atoms with Gasteiger partial charge in [0.25, 0.3) is 0 Å². The first-order valence-corrected chi connectivity index (χ1v) is 5.06. The van der Waals surface area contributed by atoms with Gasteiger partial charge in [0.15, 0.2) is 0 Å². The summed E-state index contributed by atoms with van der Waals surface area (Å²) in [6.45, 7) is 5.22. The van der Waals surface area contributed by atoms with Gasteiger partial charge >= 0.3 is 0 Å². The summed E-state index contributed by atoms with van der Waals surface area (Å²) in [6.07, 6.45) is 2.19. The third kappa shape index (κ3) is 3.69. The Balaban J connectivity index is 0.00000169. The van der Waals surface area contributed by atoms with Gasteiger partial charge in [-0.05, 0) is 36.4 Å². The van der Waals surface area contributed by atoms with Crippen LogP contribution in [0.4, 0.5) is 0 Å². The van der Waals surface area contributed by atoms with E-state index < -0.39 is 0 Å². The summed E-state index contributed by atoms with van der Waals surface area (Å²) in [4.78, 5) is 0. The maximum Gasteiger partial charge on any atom is -0.00367 e. The minimum absolute atomic E-state index is 0. The van der Waals surface area contributed by atoms with Crippen LogP contribution in [0.2, 0.25) is 0 Å². The lowest BCUT2D eigenvalue weighted by molar-refractivity contribution is 0.733. The van der Waals surface area contributed by atoms with Crippen molar-refractivity contribution in [2.75, 3.05) is 6.54 Å². The molecule has 1 atom stereocenters. The van der Waals surface area contributed by atoms with Crippen molar-refractivity contribution < 1.29 is 0 Å². The highest BCUT2D eigenvalue weighted by Gasteiger charge is 2.01. The van der Waals surface area contributed by atoms with Crippen molar-refractivity contribution in [1.29, 1.82) is 0 Å². The number of hydrogen-bond acceptors (Lipinski definition) is 1. The van der Waals surface area contributed by atoms with Gasteiger partial charge in [-0.3, -0.25) is 0 Å². The Morgan fingerprint density at radius 3 is 2.21 bits per heavy atom. The number of benzene rings is 1. The maximum absolute atomic E-state index is 5.48. The Morgan fingerprint density at radius 2 is 1.79 bits per heavy atom. The van der Waals surface area contributed by atoms with Crippen LogP contribution in [-0.2, 0) is 6.42 Å². The molecule has 0 fully saturated rings. The monoisotopic (exact) mass is 213 g/mol. The lowest BCUT2D eigenvalue weighted by atomic mass is 9.97.